The predicted molar refractivity (Wildman–Crippen MR) is 74.1 cm³/mol. The van der Waals surface area contributed by atoms with E-state index in [-0.39, 0.29) is 19.1 Å². The van der Waals surface area contributed by atoms with E-state index in [2.05, 4.69) is 6.58 Å². The maximum atomic E-state index is 11.9. The van der Waals surface area contributed by atoms with E-state index in [4.69, 9.17) is 10.4 Å². The van der Waals surface area contributed by atoms with Crippen LogP contribution in [0.1, 0.15) is 11.1 Å². The fraction of sp³-hybridized carbons (Fsp3) is 0.200. The molecule has 0 aromatic heterocycles. The van der Waals surface area contributed by atoms with Crippen molar-refractivity contribution >= 4 is 12.0 Å². The minimum absolute atomic E-state index is 0.0860. The minimum atomic E-state index is -0.198. The Labute approximate surface area is 112 Å². The third-order valence-corrected chi connectivity index (χ3v) is 2.47. The lowest BCUT2D eigenvalue weighted by Gasteiger charge is -2.17. The van der Waals surface area contributed by atoms with E-state index in [0.717, 1.165) is 5.56 Å². The first-order chi connectivity index (χ1) is 9.21. The summed E-state index contributed by atoms with van der Waals surface area (Å²) in [4.78, 5) is 13.3. The summed E-state index contributed by atoms with van der Waals surface area (Å²) < 4.78 is 0. The highest BCUT2D eigenvalue weighted by Crippen LogP contribution is 2.06. The molecule has 0 aliphatic carbocycles. The Hall–Kier alpha value is -2.38. The third-order valence-electron chi connectivity index (χ3n) is 2.47. The van der Waals surface area contributed by atoms with Gasteiger partial charge in [0.2, 0.25) is 5.91 Å². The van der Waals surface area contributed by atoms with Crippen LogP contribution in [0.25, 0.3) is 6.08 Å². The lowest BCUT2D eigenvalue weighted by atomic mass is 10.1. The molecule has 0 unspecified atom stereocenters. The van der Waals surface area contributed by atoms with Crippen LogP contribution in [0.5, 0.6) is 0 Å². The molecule has 0 spiro atoms. The van der Waals surface area contributed by atoms with Crippen LogP contribution in [0.15, 0.2) is 43.0 Å². The minimum Gasteiger partial charge on any atom is -0.395 e. The Morgan fingerprint density at radius 2 is 2.32 bits per heavy atom. The number of aliphatic hydroxyl groups is 1. The second kappa shape index (κ2) is 7.85. The molecule has 1 aromatic rings. The molecule has 0 saturated carbocycles. The first-order valence-electron chi connectivity index (χ1n) is 5.90. The van der Waals surface area contributed by atoms with Gasteiger partial charge in [-0.05, 0) is 23.8 Å². The van der Waals surface area contributed by atoms with Gasteiger partial charge in [0, 0.05) is 19.2 Å². The van der Waals surface area contributed by atoms with Crippen LogP contribution in [0.4, 0.5) is 0 Å². The van der Waals surface area contributed by atoms with Crippen molar-refractivity contribution in [2.75, 3.05) is 19.7 Å². The number of amides is 1. The van der Waals surface area contributed by atoms with Gasteiger partial charge in [-0.1, -0.05) is 18.2 Å². The van der Waals surface area contributed by atoms with E-state index >= 15 is 0 Å². The monoisotopic (exact) mass is 256 g/mol. The van der Waals surface area contributed by atoms with Crippen LogP contribution in [-0.4, -0.2) is 35.6 Å². The molecule has 0 radical (unpaired) electrons. The average molecular weight is 256 g/mol. The molecule has 0 heterocycles. The van der Waals surface area contributed by atoms with Gasteiger partial charge < -0.3 is 10.0 Å². The molecule has 4 nitrogen and oxygen atoms in total. The smallest absolute Gasteiger partial charge is 0.246 e. The van der Waals surface area contributed by atoms with Gasteiger partial charge in [-0.15, -0.1) is 6.58 Å². The molecule has 1 amide bonds. The molecule has 98 valence electrons. The van der Waals surface area contributed by atoms with Crippen LogP contribution in [0.3, 0.4) is 0 Å². The van der Waals surface area contributed by atoms with Crippen molar-refractivity contribution in [3.63, 3.8) is 0 Å². The van der Waals surface area contributed by atoms with Gasteiger partial charge in [0.25, 0.3) is 0 Å². The number of carbonyl (C=O) groups excluding carboxylic acids is 1. The topological polar surface area (TPSA) is 64.3 Å². The zero-order chi connectivity index (χ0) is 14.1. The molecule has 1 aromatic carbocycles. The van der Waals surface area contributed by atoms with Crippen molar-refractivity contribution in [1.82, 2.24) is 4.90 Å². The van der Waals surface area contributed by atoms with Gasteiger partial charge >= 0.3 is 0 Å². The molecule has 19 heavy (non-hydrogen) atoms. The Balaban J connectivity index is 2.76. The van der Waals surface area contributed by atoms with Gasteiger partial charge in [0.1, 0.15) is 0 Å². The predicted octanol–water partition coefficient (Wildman–Crippen LogP) is 1.58. The fourth-order valence-electron chi connectivity index (χ4n) is 1.55. The summed E-state index contributed by atoms with van der Waals surface area (Å²) in [6.07, 6.45) is 4.68. The SMILES string of the molecule is C=CCN(CCO)C(=O)/C=C/c1cccc(C#N)c1. The zero-order valence-corrected chi connectivity index (χ0v) is 10.6. The first kappa shape index (κ1) is 14.7. The number of rotatable bonds is 6. The number of aliphatic hydroxyl groups excluding tert-OH is 1. The van der Waals surface area contributed by atoms with E-state index in [9.17, 15) is 4.79 Å². The van der Waals surface area contributed by atoms with Crippen LogP contribution >= 0.6 is 0 Å². The summed E-state index contributed by atoms with van der Waals surface area (Å²) in [6.45, 7) is 4.15. The van der Waals surface area contributed by atoms with Crippen LogP contribution < -0.4 is 0 Å². The molecule has 4 heteroatoms. The standard InChI is InChI=1S/C15H16N2O2/c1-2-8-17(9-10-18)15(19)7-6-13-4-3-5-14(11-13)12-16/h2-7,11,18H,1,8-10H2/b7-6+. The Kier molecular flexibility index (Phi) is 6.07. The largest absolute Gasteiger partial charge is 0.395 e. The van der Waals surface area contributed by atoms with E-state index < -0.39 is 0 Å². The van der Waals surface area contributed by atoms with Crippen molar-refractivity contribution in [2.24, 2.45) is 0 Å². The van der Waals surface area contributed by atoms with Gasteiger partial charge in [0.05, 0.1) is 18.2 Å². The maximum Gasteiger partial charge on any atom is 0.246 e. The molecule has 0 atom stereocenters. The first-order valence-corrected chi connectivity index (χ1v) is 5.90. The fourth-order valence-corrected chi connectivity index (χ4v) is 1.55. The summed E-state index contributed by atoms with van der Waals surface area (Å²) in [5.41, 5.74) is 1.34. The van der Waals surface area contributed by atoms with Gasteiger partial charge in [-0.25, -0.2) is 0 Å². The highest BCUT2D eigenvalue weighted by atomic mass is 16.3. The second-order valence-corrected chi connectivity index (χ2v) is 3.87. The lowest BCUT2D eigenvalue weighted by Crippen LogP contribution is -2.32. The second-order valence-electron chi connectivity index (χ2n) is 3.87. The van der Waals surface area contributed by atoms with Crippen molar-refractivity contribution in [1.29, 1.82) is 5.26 Å². The summed E-state index contributed by atoms with van der Waals surface area (Å²) in [5, 5.41) is 17.7. The number of hydrogen-bond donors (Lipinski definition) is 1. The van der Waals surface area contributed by atoms with Crippen molar-refractivity contribution < 1.29 is 9.90 Å². The third kappa shape index (κ3) is 4.78. The van der Waals surface area contributed by atoms with Crippen LogP contribution in [0.2, 0.25) is 0 Å². The normalized spacial score (nSPS) is 10.1. The number of benzene rings is 1. The van der Waals surface area contributed by atoms with E-state index in [1.165, 1.54) is 11.0 Å². The summed E-state index contributed by atoms with van der Waals surface area (Å²) >= 11 is 0. The lowest BCUT2D eigenvalue weighted by molar-refractivity contribution is -0.125. The average Bonchev–Trinajstić information content (AvgIpc) is 2.44. The van der Waals surface area contributed by atoms with E-state index in [0.29, 0.717) is 12.1 Å². The number of carbonyl (C=O) groups is 1. The summed E-state index contributed by atoms with van der Waals surface area (Å²) in [6, 6.07) is 9.02. The molecule has 0 saturated heterocycles. The molecular weight excluding hydrogens is 240 g/mol. The Morgan fingerprint density at radius 1 is 1.53 bits per heavy atom. The van der Waals surface area contributed by atoms with Crippen molar-refractivity contribution in [3.05, 3.63) is 54.1 Å². The molecule has 0 aliphatic heterocycles. The van der Waals surface area contributed by atoms with E-state index in [1.807, 2.05) is 12.1 Å². The summed E-state index contributed by atoms with van der Waals surface area (Å²) in [5.74, 6) is -0.198. The van der Waals surface area contributed by atoms with Crippen LogP contribution in [0, 0.1) is 11.3 Å². The highest BCUT2D eigenvalue weighted by molar-refractivity contribution is 5.91. The van der Waals surface area contributed by atoms with Crippen molar-refractivity contribution in [3.8, 4) is 6.07 Å². The number of nitrogens with zero attached hydrogens (tertiary/aromatic N) is 2. The Bertz CT molecular complexity index is 515. The molecule has 0 bridgehead atoms. The summed E-state index contributed by atoms with van der Waals surface area (Å²) in [7, 11) is 0. The molecule has 0 fully saturated rings. The zero-order valence-electron chi connectivity index (χ0n) is 10.6. The van der Waals surface area contributed by atoms with Gasteiger partial charge in [-0.2, -0.15) is 5.26 Å². The highest BCUT2D eigenvalue weighted by Gasteiger charge is 2.07. The molecular formula is C15H16N2O2. The number of nitriles is 1. The van der Waals surface area contributed by atoms with Crippen molar-refractivity contribution in [2.45, 2.75) is 0 Å². The molecule has 1 rings (SSSR count). The van der Waals surface area contributed by atoms with Gasteiger partial charge in [-0.3, -0.25) is 4.79 Å². The molecule has 1 N–H and O–H groups in total. The van der Waals surface area contributed by atoms with Crippen LogP contribution in [-0.2, 0) is 4.79 Å². The Morgan fingerprint density at radius 3 is 2.95 bits per heavy atom. The van der Waals surface area contributed by atoms with Gasteiger partial charge in [0.15, 0.2) is 0 Å². The quantitative estimate of drug-likeness (QED) is 0.621. The van der Waals surface area contributed by atoms with E-state index in [1.54, 1.807) is 30.4 Å². The number of hydrogen-bond acceptors (Lipinski definition) is 3. The molecule has 0 aliphatic rings. The maximum absolute atomic E-state index is 11.9.